The molecule has 0 saturated carbocycles. The normalized spacial score (nSPS) is 14.5. The molecule has 0 aliphatic carbocycles. The number of aryl methyl sites for hydroxylation is 1. The highest BCUT2D eigenvalue weighted by Gasteiger charge is 2.23. The number of aromatic nitrogens is 2. The molecule has 1 aromatic heterocycles. The number of fused-ring (bicyclic) bond motifs is 2. The summed E-state index contributed by atoms with van der Waals surface area (Å²) in [5.74, 6) is 1.66. The fourth-order valence-corrected chi connectivity index (χ4v) is 3.64. The van der Waals surface area contributed by atoms with Gasteiger partial charge in [0, 0.05) is 37.3 Å². The van der Waals surface area contributed by atoms with Gasteiger partial charge in [0.1, 0.15) is 18.1 Å². The van der Waals surface area contributed by atoms with Crippen molar-refractivity contribution < 1.29 is 14.3 Å². The number of rotatable bonds is 4. The number of hydrogen-bond acceptors (Lipinski definition) is 4. The van der Waals surface area contributed by atoms with E-state index >= 15 is 0 Å². The molecular weight excluding hydrogens is 342 g/mol. The van der Waals surface area contributed by atoms with Gasteiger partial charge in [0.2, 0.25) is 0 Å². The van der Waals surface area contributed by atoms with Crippen LogP contribution >= 0.6 is 0 Å². The first-order valence-electron chi connectivity index (χ1n) is 9.00. The minimum Gasteiger partial charge on any atom is -0.493 e. The Morgan fingerprint density at radius 3 is 2.96 bits per heavy atom. The molecule has 27 heavy (non-hydrogen) atoms. The topological polar surface area (TPSA) is 65.4 Å². The van der Waals surface area contributed by atoms with E-state index in [1.807, 2.05) is 43.6 Å². The molecule has 6 heteroatoms. The second-order valence-electron chi connectivity index (χ2n) is 6.88. The van der Waals surface area contributed by atoms with Crippen LogP contribution in [0.2, 0.25) is 0 Å². The van der Waals surface area contributed by atoms with Crippen molar-refractivity contribution in [3.05, 3.63) is 65.0 Å². The van der Waals surface area contributed by atoms with Crippen LogP contribution in [0.1, 0.15) is 27.2 Å². The van der Waals surface area contributed by atoms with Crippen molar-refractivity contribution in [3.63, 3.8) is 0 Å². The summed E-state index contributed by atoms with van der Waals surface area (Å²) in [6, 6.07) is 12.0. The van der Waals surface area contributed by atoms with Crippen LogP contribution in [0, 0.1) is 0 Å². The van der Waals surface area contributed by atoms with E-state index in [2.05, 4.69) is 16.5 Å². The standard InChI is InChI=1S/C21H19N3O3/c1-24-6-4-16(23-24)12-27-20-9-15-11-22-21(25)18(15)10-17(20)13-2-3-19-14(8-13)5-7-26-19/h2-4,6,8-10H,5,7,11-12H2,1H3,(H,22,25). The molecule has 0 unspecified atom stereocenters. The number of carbonyl (C=O) groups excluding carboxylic acids is 1. The molecule has 0 atom stereocenters. The van der Waals surface area contributed by atoms with E-state index in [-0.39, 0.29) is 5.91 Å². The summed E-state index contributed by atoms with van der Waals surface area (Å²) in [5.41, 5.74) is 5.67. The summed E-state index contributed by atoms with van der Waals surface area (Å²) in [6.45, 7) is 1.63. The molecule has 5 rings (SSSR count). The van der Waals surface area contributed by atoms with E-state index in [9.17, 15) is 4.79 Å². The van der Waals surface area contributed by atoms with Crippen LogP contribution in [0.5, 0.6) is 11.5 Å². The van der Waals surface area contributed by atoms with Gasteiger partial charge in [-0.1, -0.05) is 6.07 Å². The van der Waals surface area contributed by atoms with Crippen LogP contribution in [0.4, 0.5) is 0 Å². The fourth-order valence-electron chi connectivity index (χ4n) is 3.64. The molecule has 6 nitrogen and oxygen atoms in total. The van der Waals surface area contributed by atoms with Gasteiger partial charge in [-0.25, -0.2) is 0 Å². The average molecular weight is 361 g/mol. The predicted octanol–water partition coefficient (Wildman–Crippen LogP) is 2.84. The van der Waals surface area contributed by atoms with Gasteiger partial charge in [-0.3, -0.25) is 9.48 Å². The smallest absolute Gasteiger partial charge is 0.251 e. The van der Waals surface area contributed by atoms with Gasteiger partial charge < -0.3 is 14.8 Å². The highest BCUT2D eigenvalue weighted by molar-refractivity contribution is 6.00. The van der Waals surface area contributed by atoms with Gasteiger partial charge >= 0.3 is 0 Å². The third-order valence-corrected chi connectivity index (χ3v) is 5.03. The van der Waals surface area contributed by atoms with Crippen molar-refractivity contribution in [2.24, 2.45) is 7.05 Å². The molecule has 1 amide bonds. The first-order chi connectivity index (χ1) is 13.2. The van der Waals surface area contributed by atoms with Crippen LogP contribution in [0.15, 0.2) is 42.6 Å². The van der Waals surface area contributed by atoms with Gasteiger partial charge in [-0.2, -0.15) is 5.10 Å². The number of amides is 1. The SMILES string of the molecule is Cn1ccc(COc2cc3c(cc2-c2ccc4c(c2)CCO4)C(=O)NC3)n1. The van der Waals surface area contributed by atoms with Crippen LogP contribution in [-0.4, -0.2) is 22.3 Å². The van der Waals surface area contributed by atoms with Crippen molar-refractivity contribution in [1.82, 2.24) is 15.1 Å². The van der Waals surface area contributed by atoms with Gasteiger partial charge in [-0.05, 0) is 47.0 Å². The largest absolute Gasteiger partial charge is 0.493 e. The highest BCUT2D eigenvalue weighted by atomic mass is 16.5. The molecule has 136 valence electrons. The zero-order chi connectivity index (χ0) is 18.4. The van der Waals surface area contributed by atoms with Crippen molar-refractivity contribution in [1.29, 1.82) is 0 Å². The predicted molar refractivity (Wildman–Crippen MR) is 99.8 cm³/mol. The van der Waals surface area contributed by atoms with Crippen LogP contribution in [-0.2, 0) is 26.6 Å². The molecule has 0 spiro atoms. The summed E-state index contributed by atoms with van der Waals surface area (Å²) in [7, 11) is 1.88. The molecule has 2 aliphatic heterocycles. The van der Waals surface area contributed by atoms with Gasteiger partial charge in [0.15, 0.2) is 0 Å². The Balaban J connectivity index is 1.55. The number of benzene rings is 2. The maximum absolute atomic E-state index is 12.1. The summed E-state index contributed by atoms with van der Waals surface area (Å²) in [4.78, 5) is 12.1. The Bertz CT molecular complexity index is 1050. The molecule has 0 saturated heterocycles. The molecule has 0 fully saturated rings. The van der Waals surface area contributed by atoms with E-state index in [1.54, 1.807) is 4.68 Å². The molecule has 1 N–H and O–H groups in total. The highest BCUT2D eigenvalue weighted by Crippen LogP contribution is 2.38. The van der Waals surface area contributed by atoms with Crippen molar-refractivity contribution in [3.8, 4) is 22.6 Å². The number of carbonyl (C=O) groups is 1. The second kappa shape index (κ2) is 6.16. The van der Waals surface area contributed by atoms with Crippen molar-refractivity contribution >= 4 is 5.91 Å². The van der Waals surface area contributed by atoms with Crippen LogP contribution in [0.3, 0.4) is 0 Å². The third kappa shape index (κ3) is 2.83. The van der Waals surface area contributed by atoms with Crippen molar-refractivity contribution in [2.45, 2.75) is 19.6 Å². The Morgan fingerprint density at radius 1 is 1.19 bits per heavy atom. The molecule has 0 radical (unpaired) electrons. The van der Waals surface area contributed by atoms with E-state index in [4.69, 9.17) is 9.47 Å². The molecule has 2 aliphatic rings. The van der Waals surface area contributed by atoms with E-state index in [1.165, 1.54) is 5.56 Å². The van der Waals surface area contributed by atoms with Crippen molar-refractivity contribution in [2.75, 3.05) is 6.61 Å². The maximum Gasteiger partial charge on any atom is 0.251 e. The van der Waals surface area contributed by atoms with E-state index in [0.29, 0.717) is 25.3 Å². The second-order valence-corrected chi connectivity index (χ2v) is 6.88. The minimum atomic E-state index is -0.0352. The van der Waals surface area contributed by atoms with Gasteiger partial charge in [0.25, 0.3) is 5.91 Å². The first kappa shape index (κ1) is 15.9. The monoisotopic (exact) mass is 361 g/mol. The Labute approximate surface area is 156 Å². The molecule has 3 aromatic rings. The molecule has 0 bridgehead atoms. The van der Waals surface area contributed by atoms with Crippen LogP contribution < -0.4 is 14.8 Å². The third-order valence-electron chi connectivity index (χ3n) is 5.03. The zero-order valence-corrected chi connectivity index (χ0v) is 15.0. The maximum atomic E-state index is 12.1. The minimum absolute atomic E-state index is 0.0352. The lowest BCUT2D eigenvalue weighted by molar-refractivity contribution is 0.0966. The molecule has 2 aromatic carbocycles. The lowest BCUT2D eigenvalue weighted by Gasteiger charge is -2.14. The number of nitrogens with zero attached hydrogens (tertiary/aromatic N) is 2. The van der Waals surface area contributed by atoms with E-state index in [0.717, 1.165) is 40.3 Å². The quantitative estimate of drug-likeness (QED) is 0.776. The van der Waals surface area contributed by atoms with Crippen LogP contribution in [0.25, 0.3) is 11.1 Å². The lowest BCUT2D eigenvalue weighted by atomic mass is 9.97. The number of hydrogen-bond donors (Lipinski definition) is 1. The fraction of sp³-hybridized carbons (Fsp3) is 0.238. The van der Waals surface area contributed by atoms with Gasteiger partial charge in [-0.15, -0.1) is 0 Å². The first-order valence-corrected chi connectivity index (χ1v) is 9.00. The molecule has 3 heterocycles. The summed E-state index contributed by atoms with van der Waals surface area (Å²) in [5, 5.41) is 7.25. The Kier molecular flexibility index (Phi) is 3.63. The van der Waals surface area contributed by atoms with Gasteiger partial charge in [0.05, 0.1) is 12.3 Å². The summed E-state index contributed by atoms with van der Waals surface area (Å²) in [6.07, 6.45) is 2.80. The number of ether oxygens (including phenoxy) is 2. The average Bonchev–Trinajstić information content (AvgIpc) is 3.39. The van der Waals surface area contributed by atoms with E-state index < -0.39 is 0 Å². The zero-order valence-electron chi connectivity index (χ0n) is 15.0. The lowest BCUT2D eigenvalue weighted by Crippen LogP contribution is -2.12. The summed E-state index contributed by atoms with van der Waals surface area (Å²) < 4.78 is 13.5. The molecular formula is C21H19N3O3. The summed E-state index contributed by atoms with van der Waals surface area (Å²) >= 11 is 0. The Hall–Kier alpha value is -3.28. The Morgan fingerprint density at radius 2 is 2.11 bits per heavy atom. The number of nitrogens with one attached hydrogen (secondary N) is 1.